The molecule has 3 rings (SSSR count). The number of methoxy groups -OCH3 is 1. The highest BCUT2D eigenvalue weighted by Gasteiger charge is 2.29. The number of rotatable bonds is 5. The van der Waals surface area contributed by atoms with Crippen LogP contribution in [0, 0.1) is 5.82 Å². The van der Waals surface area contributed by atoms with Gasteiger partial charge in [-0.1, -0.05) is 6.07 Å². The summed E-state index contributed by atoms with van der Waals surface area (Å²) in [6, 6.07) is 6.33. The highest BCUT2D eigenvalue weighted by Crippen LogP contribution is 2.24. The van der Waals surface area contributed by atoms with Crippen molar-refractivity contribution in [2.24, 2.45) is 0 Å². The zero-order valence-electron chi connectivity index (χ0n) is 14.8. The van der Waals surface area contributed by atoms with E-state index >= 15 is 0 Å². The third-order valence-corrected chi connectivity index (χ3v) is 4.40. The van der Waals surface area contributed by atoms with Gasteiger partial charge < -0.3 is 14.5 Å². The average Bonchev–Trinajstić information content (AvgIpc) is 3.04. The predicted octanol–water partition coefficient (Wildman–Crippen LogP) is 1.72. The largest absolute Gasteiger partial charge is 0.496 e. The molecule has 0 fully saturated rings. The Kier molecular flexibility index (Phi) is 5.03. The zero-order chi connectivity index (χ0) is 18.0. The Balaban J connectivity index is 1.77. The molecule has 7 heteroatoms. The molecule has 25 heavy (non-hydrogen) atoms. The first-order valence-corrected chi connectivity index (χ1v) is 8.25. The zero-order valence-corrected chi connectivity index (χ0v) is 14.8. The lowest BCUT2D eigenvalue weighted by molar-refractivity contribution is -0.132. The number of benzene rings is 1. The average molecular weight is 346 g/mol. The fraction of sp³-hybridized carbons (Fsp3) is 0.444. The van der Waals surface area contributed by atoms with Crippen LogP contribution in [-0.2, 0) is 17.8 Å². The Hall–Kier alpha value is -2.41. The molecule has 134 valence electrons. The van der Waals surface area contributed by atoms with Crippen molar-refractivity contribution in [2.45, 2.75) is 19.0 Å². The molecule has 0 radical (unpaired) electrons. The molecule has 0 saturated heterocycles. The standard InChI is InChI=1S/C18H23FN4O2/c1-21(2)10-16-12-22(11-15-6-7-20-23(15)16)18(24)8-13-4-5-14(19)9-17(13)25-3/h4-7,9,16H,8,10-12H2,1-3H3/t16-/m1/s1. The van der Waals surface area contributed by atoms with Crippen molar-refractivity contribution >= 4 is 5.91 Å². The minimum absolute atomic E-state index is 0.00103. The Labute approximate surface area is 146 Å². The summed E-state index contributed by atoms with van der Waals surface area (Å²) in [6.45, 7) is 1.94. The number of likely N-dealkylation sites (N-methyl/N-ethyl adjacent to an activating group) is 1. The lowest BCUT2D eigenvalue weighted by Gasteiger charge is -2.35. The third kappa shape index (κ3) is 3.82. The highest BCUT2D eigenvalue weighted by molar-refractivity contribution is 5.79. The second-order valence-electron chi connectivity index (χ2n) is 6.59. The minimum atomic E-state index is -0.374. The van der Waals surface area contributed by atoms with E-state index in [1.165, 1.54) is 19.2 Å². The van der Waals surface area contributed by atoms with Gasteiger partial charge in [0.1, 0.15) is 11.6 Å². The molecule has 0 spiro atoms. The number of halogens is 1. The van der Waals surface area contributed by atoms with Crippen molar-refractivity contribution in [3.8, 4) is 5.75 Å². The number of carbonyl (C=O) groups is 1. The molecular formula is C18H23FN4O2. The van der Waals surface area contributed by atoms with Crippen molar-refractivity contribution in [3.05, 3.63) is 47.5 Å². The van der Waals surface area contributed by atoms with E-state index in [1.807, 2.05) is 29.7 Å². The molecule has 0 N–H and O–H groups in total. The highest BCUT2D eigenvalue weighted by atomic mass is 19.1. The van der Waals surface area contributed by atoms with Gasteiger partial charge in [-0.3, -0.25) is 9.48 Å². The van der Waals surface area contributed by atoms with Crippen LogP contribution in [0.2, 0.25) is 0 Å². The van der Waals surface area contributed by atoms with Gasteiger partial charge in [0, 0.05) is 30.9 Å². The van der Waals surface area contributed by atoms with E-state index in [9.17, 15) is 9.18 Å². The van der Waals surface area contributed by atoms with E-state index < -0.39 is 0 Å². The Bertz CT molecular complexity index is 759. The van der Waals surface area contributed by atoms with Gasteiger partial charge >= 0.3 is 0 Å². The summed E-state index contributed by atoms with van der Waals surface area (Å²) in [7, 11) is 5.50. The quantitative estimate of drug-likeness (QED) is 0.827. The van der Waals surface area contributed by atoms with Crippen molar-refractivity contribution in [1.29, 1.82) is 0 Å². The summed E-state index contributed by atoms with van der Waals surface area (Å²) in [4.78, 5) is 16.7. The van der Waals surface area contributed by atoms with E-state index in [1.54, 1.807) is 12.3 Å². The molecule has 2 heterocycles. The molecule has 6 nitrogen and oxygen atoms in total. The van der Waals surface area contributed by atoms with Crippen LogP contribution in [0.15, 0.2) is 30.5 Å². The van der Waals surface area contributed by atoms with Crippen LogP contribution >= 0.6 is 0 Å². The summed E-state index contributed by atoms with van der Waals surface area (Å²) in [5.74, 6) is 0.0299. The summed E-state index contributed by atoms with van der Waals surface area (Å²) in [5, 5.41) is 4.40. The van der Waals surface area contributed by atoms with Crippen LogP contribution in [-0.4, -0.2) is 59.8 Å². The van der Waals surface area contributed by atoms with E-state index in [0.717, 1.165) is 12.2 Å². The van der Waals surface area contributed by atoms with Gasteiger partial charge in [0.05, 0.1) is 31.8 Å². The van der Waals surface area contributed by atoms with E-state index in [2.05, 4.69) is 10.00 Å². The van der Waals surface area contributed by atoms with Crippen LogP contribution < -0.4 is 4.74 Å². The molecule has 1 atom stereocenters. The first-order valence-electron chi connectivity index (χ1n) is 8.25. The number of amides is 1. The Morgan fingerprint density at radius 3 is 2.92 bits per heavy atom. The summed E-state index contributed by atoms with van der Waals surface area (Å²) in [6.07, 6.45) is 1.96. The molecule has 0 aliphatic carbocycles. The Morgan fingerprint density at radius 2 is 2.20 bits per heavy atom. The van der Waals surface area contributed by atoms with Crippen molar-refractivity contribution in [3.63, 3.8) is 0 Å². The number of hydrogen-bond donors (Lipinski definition) is 0. The maximum atomic E-state index is 13.3. The normalized spacial score (nSPS) is 16.8. The lowest BCUT2D eigenvalue weighted by Crippen LogP contribution is -2.44. The summed E-state index contributed by atoms with van der Waals surface area (Å²) >= 11 is 0. The van der Waals surface area contributed by atoms with Gasteiger partial charge in [0.25, 0.3) is 0 Å². The summed E-state index contributed by atoms with van der Waals surface area (Å²) in [5.41, 5.74) is 1.72. The van der Waals surface area contributed by atoms with Crippen LogP contribution in [0.5, 0.6) is 5.75 Å². The van der Waals surface area contributed by atoms with E-state index in [-0.39, 0.29) is 24.2 Å². The number of nitrogens with zero attached hydrogens (tertiary/aromatic N) is 4. The molecule has 1 aliphatic rings. The predicted molar refractivity (Wildman–Crippen MR) is 91.9 cm³/mol. The topological polar surface area (TPSA) is 50.6 Å². The lowest BCUT2D eigenvalue weighted by atomic mass is 10.1. The van der Waals surface area contributed by atoms with Gasteiger partial charge in [0.2, 0.25) is 5.91 Å². The maximum Gasteiger partial charge on any atom is 0.227 e. The van der Waals surface area contributed by atoms with Crippen molar-refractivity contribution in [1.82, 2.24) is 19.6 Å². The smallest absolute Gasteiger partial charge is 0.227 e. The molecule has 0 saturated carbocycles. The second-order valence-corrected chi connectivity index (χ2v) is 6.59. The molecule has 2 aromatic rings. The number of fused-ring (bicyclic) bond motifs is 1. The molecule has 0 unspecified atom stereocenters. The number of hydrogen-bond acceptors (Lipinski definition) is 4. The van der Waals surface area contributed by atoms with Crippen LogP contribution in [0.3, 0.4) is 0 Å². The van der Waals surface area contributed by atoms with E-state index in [4.69, 9.17) is 4.74 Å². The number of aromatic nitrogens is 2. The van der Waals surface area contributed by atoms with E-state index in [0.29, 0.717) is 24.4 Å². The third-order valence-electron chi connectivity index (χ3n) is 4.40. The SMILES string of the molecule is COc1cc(F)ccc1CC(=O)N1Cc2ccnn2[C@H](CN(C)C)C1. The summed E-state index contributed by atoms with van der Waals surface area (Å²) < 4.78 is 20.5. The number of ether oxygens (including phenoxy) is 1. The fourth-order valence-corrected chi connectivity index (χ4v) is 3.27. The number of carbonyl (C=O) groups excluding carboxylic acids is 1. The van der Waals surface area contributed by atoms with Gasteiger partial charge in [-0.2, -0.15) is 5.10 Å². The van der Waals surface area contributed by atoms with Crippen molar-refractivity contribution < 1.29 is 13.9 Å². The first-order chi connectivity index (χ1) is 12.0. The van der Waals surface area contributed by atoms with Gasteiger partial charge in [-0.15, -0.1) is 0 Å². The molecule has 1 amide bonds. The maximum absolute atomic E-state index is 13.3. The van der Waals surface area contributed by atoms with Gasteiger partial charge in [0.15, 0.2) is 0 Å². The molecule has 0 bridgehead atoms. The van der Waals surface area contributed by atoms with Crippen LogP contribution in [0.1, 0.15) is 17.3 Å². The first kappa shape index (κ1) is 17.4. The second kappa shape index (κ2) is 7.23. The van der Waals surface area contributed by atoms with Gasteiger partial charge in [-0.05, 0) is 26.2 Å². The Morgan fingerprint density at radius 1 is 1.40 bits per heavy atom. The molecule has 1 aromatic heterocycles. The van der Waals surface area contributed by atoms with Crippen LogP contribution in [0.4, 0.5) is 4.39 Å². The molecular weight excluding hydrogens is 323 g/mol. The monoisotopic (exact) mass is 346 g/mol. The van der Waals surface area contributed by atoms with Crippen LogP contribution in [0.25, 0.3) is 0 Å². The minimum Gasteiger partial charge on any atom is -0.496 e. The van der Waals surface area contributed by atoms with Gasteiger partial charge in [-0.25, -0.2) is 4.39 Å². The molecule has 1 aliphatic heterocycles. The molecule has 1 aromatic carbocycles. The van der Waals surface area contributed by atoms with Crippen molar-refractivity contribution in [2.75, 3.05) is 34.3 Å². The fourth-order valence-electron chi connectivity index (χ4n) is 3.27.